The molecule has 0 heterocycles. The van der Waals surface area contributed by atoms with Crippen LogP contribution in [-0.2, 0) is 28.6 Å². The van der Waals surface area contributed by atoms with Crippen molar-refractivity contribution >= 4 is 17.9 Å². The van der Waals surface area contributed by atoms with Crippen molar-refractivity contribution in [1.29, 1.82) is 0 Å². The van der Waals surface area contributed by atoms with Crippen molar-refractivity contribution in [2.75, 3.05) is 41.0 Å². The Morgan fingerprint density at radius 3 is 1.30 bits per heavy atom. The molecule has 0 rings (SSSR count). The van der Waals surface area contributed by atoms with Crippen molar-refractivity contribution in [2.24, 2.45) is 0 Å². The van der Waals surface area contributed by atoms with E-state index in [2.05, 4.69) is 50.3 Å². The van der Waals surface area contributed by atoms with Crippen molar-refractivity contribution in [3.63, 3.8) is 0 Å². The monoisotopic (exact) mass is 860 g/mol. The van der Waals surface area contributed by atoms with Crippen LogP contribution in [0.4, 0.5) is 0 Å². The van der Waals surface area contributed by atoms with Crippen molar-refractivity contribution in [3.8, 4) is 0 Å². The van der Waals surface area contributed by atoms with E-state index in [4.69, 9.17) is 14.2 Å². The molecule has 0 amide bonds. The highest BCUT2D eigenvalue weighted by atomic mass is 16.6. The van der Waals surface area contributed by atoms with E-state index in [1.165, 1.54) is 135 Å². The van der Waals surface area contributed by atoms with E-state index < -0.39 is 18.1 Å². The highest BCUT2D eigenvalue weighted by Gasteiger charge is 2.25. The van der Waals surface area contributed by atoms with Gasteiger partial charge in [0.05, 0.1) is 40.3 Å². The number of nitrogens with zero attached hydrogens (tertiary/aromatic N) is 1. The number of quaternary nitrogens is 1. The van der Waals surface area contributed by atoms with Gasteiger partial charge >= 0.3 is 11.9 Å². The summed E-state index contributed by atoms with van der Waals surface area (Å²) in [6.45, 7) is 4.65. The molecule has 8 heteroatoms. The maximum absolute atomic E-state index is 12.8. The number of hydrogen-bond acceptors (Lipinski definition) is 7. The van der Waals surface area contributed by atoms with E-state index >= 15 is 0 Å². The van der Waals surface area contributed by atoms with Gasteiger partial charge in [0.1, 0.15) is 12.6 Å². The van der Waals surface area contributed by atoms with Gasteiger partial charge in [-0.05, 0) is 70.6 Å². The van der Waals surface area contributed by atoms with Crippen LogP contribution in [0.25, 0.3) is 0 Å². The highest BCUT2D eigenvalue weighted by molar-refractivity contribution is 5.70. The van der Waals surface area contributed by atoms with E-state index in [1.54, 1.807) is 21.1 Å². The summed E-state index contributed by atoms with van der Waals surface area (Å²) in [6.07, 6.45) is 51.8. The molecule has 0 N–H and O–H groups in total. The predicted molar refractivity (Wildman–Crippen MR) is 254 cm³/mol. The van der Waals surface area contributed by atoms with Crippen molar-refractivity contribution in [2.45, 2.75) is 244 Å². The zero-order chi connectivity index (χ0) is 44.9. The summed E-state index contributed by atoms with van der Waals surface area (Å²) in [7, 11) is 5.41. The summed E-state index contributed by atoms with van der Waals surface area (Å²) < 4.78 is 17.2. The Morgan fingerprint density at radius 2 is 0.869 bits per heavy atom. The number of likely N-dealkylation sites (N-methyl/N-ethyl adjacent to an activating group) is 1. The SMILES string of the molecule is CCCCCCCCC/C=C/CCCCCC(=O)OCC(COCCC(C(=O)[O-])[N+](C)(C)C)OC(=O)CCCCCCCCC/C=C/C/C=C/CCCCCCCCCCC. The third-order valence-corrected chi connectivity index (χ3v) is 11.5. The maximum Gasteiger partial charge on any atom is 0.306 e. The average Bonchev–Trinajstić information content (AvgIpc) is 3.22. The Morgan fingerprint density at radius 1 is 0.492 bits per heavy atom. The van der Waals surface area contributed by atoms with E-state index in [1.807, 2.05) is 0 Å². The van der Waals surface area contributed by atoms with Crippen LogP contribution < -0.4 is 5.11 Å². The lowest BCUT2D eigenvalue weighted by molar-refractivity contribution is -0.889. The molecule has 0 fully saturated rings. The van der Waals surface area contributed by atoms with Gasteiger partial charge in [-0.25, -0.2) is 0 Å². The zero-order valence-electron chi connectivity index (χ0n) is 40.6. The molecule has 0 aliphatic heterocycles. The van der Waals surface area contributed by atoms with Gasteiger partial charge in [-0.2, -0.15) is 0 Å². The first-order valence-electron chi connectivity index (χ1n) is 25.5. The number of rotatable bonds is 46. The second-order valence-electron chi connectivity index (χ2n) is 18.4. The molecule has 356 valence electrons. The zero-order valence-corrected chi connectivity index (χ0v) is 40.6. The molecule has 0 aromatic rings. The molecule has 0 spiro atoms. The Kier molecular flexibility index (Phi) is 42.4. The van der Waals surface area contributed by atoms with Crippen molar-refractivity contribution < 1.29 is 38.2 Å². The Hall–Kier alpha value is -2.45. The first-order valence-corrected chi connectivity index (χ1v) is 25.5. The first-order chi connectivity index (χ1) is 29.6. The summed E-state index contributed by atoms with van der Waals surface area (Å²) in [5.41, 5.74) is 0. The highest BCUT2D eigenvalue weighted by Crippen LogP contribution is 2.15. The fourth-order valence-corrected chi connectivity index (χ4v) is 7.51. The number of aliphatic carboxylic acids is 1. The van der Waals surface area contributed by atoms with Gasteiger partial charge in [-0.3, -0.25) is 9.59 Å². The van der Waals surface area contributed by atoms with Crippen LogP contribution in [-0.4, -0.2) is 75.5 Å². The van der Waals surface area contributed by atoms with Gasteiger partial charge in [0.2, 0.25) is 0 Å². The summed E-state index contributed by atoms with van der Waals surface area (Å²) in [4.78, 5) is 37.0. The maximum atomic E-state index is 12.8. The molecular weight excluding hydrogens is 763 g/mol. The number of carbonyl (C=O) groups excluding carboxylic acids is 3. The van der Waals surface area contributed by atoms with E-state index in [0.29, 0.717) is 12.8 Å². The lowest BCUT2D eigenvalue weighted by atomic mass is 10.1. The Balaban J connectivity index is 4.25. The second-order valence-corrected chi connectivity index (χ2v) is 18.4. The minimum atomic E-state index is -1.13. The fraction of sp³-hybridized carbons (Fsp3) is 0.830. The number of allylic oxidation sites excluding steroid dienone is 6. The molecule has 0 saturated heterocycles. The molecule has 0 aliphatic carbocycles. The van der Waals surface area contributed by atoms with Crippen LogP contribution in [0, 0.1) is 0 Å². The van der Waals surface area contributed by atoms with Gasteiger partial charge in [-0.1, -0.05) is 179 Å². The molecule has 0 aliphatic rings. The van der Waals surface area contributed by atoms with Crippen molar-refractivity contribution in [1.82, 2.24) is 0 Å². The molecule has 0 bridgehead atoms. The Labute approximate surface area is 376 Å². The number of esters is 2. The number of unbranched alkanes of at least 4 members (excludes halogenated alkanes) is 26. The predicted octanol–water partition coefficient (Wildman–Crippen LogP) is 13.3. The summed E-state index contributed by atoms with van der Waals surface area (Å²) in [5, 5.41) is 11.6. The van der Waals surface area contributed by atoms with Crippen molar-refractivity contribution in [3.05, 3.63) is 36.5 Å². The lowest BCUT2D eigenvalue weighted by Crippen LogP contribution is -2.55. The molecular formula is C53H97NO7. The molecule has 2 atom stereocenters. The second kappa shape index (κ2) is 44.2. The minimum Gasteiger partial charge on any atom is -0.544 e. The van der Waals surface area contributed by atoms with E-state index in [-0.39, 0.29) is 42.7 Å². The molecule has 0 aromatic carbocycles. The number of carboxylic acids is 1. The molecule has 61 heavy (non-hydrogen) atoms. The largest absolute Gasteiger partial charge is 0.544 e. The van der Waals surface area contributed by atoms with E-state index in [9.17, 15) is 19.5 Å². The molecule has 0 radical (unpaired) electrons. The van der Waals surface area contributed by atoms with Gasteiger partial charge in [0.15, 0.2) is 6.10 Å². The smallest absolute Gasteiger partial charge is 0.306 e. The summed E-state index contributed by atoms with van der Waals surface area (Å²) in [5.74, 6) is -1.76. The molecule has 2 unspecified atom stereocenters. The minimum absolute atomic E-state index is 0.0341. The van der Waals surface area contributed by atoms with Crippen LogP contribution >= 0.6 is 0 Å². The standard InChI is InChI=1S/C53H97NO7/c1-6-8-10-12-14-16-18-20-22-23-24-25-26-27-28-29-30-32-34-36-38-40-42-44-52(56)61-49(47-59-46-45-50(53(57)58)54(3,4)5)48-60-51(55)43-41-39-37-35-33-31-21-19-17-15-13-11-9-7-2/h24-25,27-28,31,33,49-50H,6-23,26,29-30,32,34-48H2,1-5H3/b25-24+,28-27+,33-31+. The van der Waals surface area contributed by atoms with Crippen LogP contribution in [0.3, 0.4) is 0 Å². The quantitative estimate of drug-likeness (QED) is 0.0260. The lowest BCUT2D eigenvalue weighted by Gasteiger charge is -2.34. The fourth-order valence-electron chi connectivity index (χ4n) is 7.51. The first kappa shape index (κ1) is 58.6. The number of hydrogen-bond donors (Lipinski definition) is 0. The van der Waals surface area contributed by atoms with Crippen LogP contribution in [0.2, 0.25) is 0 Å². The van der Waals surface area contributed by atoms with Gasteiger partial charge in [0.25, 0.3) is 0 Å². The third kappa shape index (κ3) is 42.6. The number of carbonyl (C=O) groups is 3. The Bertz CT molecular complexity index is 1090. The third-order valence-electron chi connectivity index (χ3n) is 11.5. The molecule has 0 aromatic heterocycles. The topological polar surface area (TPSA) is 102 Å². The summed E-state index contributed by atoms with van der Waals surface area (Å²) in [6, 6.07) is -0.729. The summed E-state index contributed by atoms with van der Waals surface area (Å²) >= 11 is 0. The van der Waals surface area contributed by atoms with Crippen LogP contribution in [0.15, 0.2) is 36.5 Å². The van der Waals surface area contributed by atoms with Crippen LogP contribution in [0.1, 0.15) is 232 Å². The normalized spacial score (nSPS) is 13.1. The number of carboxylic acid groups (broad SMARTS) is 1. The average molecular weight is 860 g/mol. The van der Waals surface area contributed by atoms with Gasteiger partial charge < -0.3 is 28.6 Å². The van der Waals surface area contributed by atoms with Crippen LogP contribution in [0.5, 0.6) is 0 Å². The van der Waals surface area contributed by atoms with Gasteiger partial charge in [-0.15, -0.1) is 0 Å². The molecule has 8 nitrogen and oxygen atoms in total. The number of ether oxygens (including phenoxy) is 3. The van der Waals surface area contributed by atoms with E-state index in [0.717, 1.165) is 64.2 Å². The molecule has 0 saturated carbocycles. The van der Waals surface area contributed by atoms with Gasteiger partial charge in [0, 0.05) is 19.3 Å².